The Morgan fingerprint density at radius 1 is 1.19 bits per heavy atom. The Balaban J connectivity index is 1.84. The second-order valence-electron chi connectivity index (χ2n) is 10.3. The number of aromatic nitrogens is 3. The highest BCUT2D eigenvalue weighted by Crippen LogP contribution is 2.33. The normalized spacial score (nSPS) is 12.6. The van der Waals surface area contributed by atoms with Crippen LogP contribution in [0.5, 0.6) is 0 Å². The summed E-state index contributed by atoms with van der Waals surface area (Å²) in [5, 5.41) is 8.43. The Kier molecular flexibility index (Phi) is 6.90. The fourth-order valence-electron chi connectivity index (χ4n) is 4.31. The van der Waals surface area contributed by atoms with Gasteiger partial charge in [-0.1, -0.05) is 17.7 Å². The van der Waals surface area contributed by atoms with E-state index in [1.807, 2.05) is 46.1 Å². The van der Waals surface area contributed by atoms with Crippen LogP contribution in [0, 0.1) is 20.8 Å². The quantitative estimate of drug-likeness (QED) is 0.242. The van der Waals surface area contributed by atoms with Gasteiger partial charge in [-0.05, 0) is 72.2 Å². The number of nitrogens with one attached hydrogen (secondary N) is 1. The molecule has 0 bridgehead atoms. The maximum absolute atomic E-state index is 13.4. The van der Waals surface area contributed by atoms with Crippen molar-refractivity contribution in [3.8, 4) is 11.3 Å². The zero-order valence-electron chi connectivity index (χ0n) is 22.3. The van der Waals surface area contributed by atoms with Crippen molar-refractivity contribution in [3.05, 3.63) is 73.9 Å². The number of nitrogens with zero attached hydrogens (tertiary/aromatic N) is 3. The Labute approximate surface area is 220 Å². The molecular weight excluding hydrogens is 492 g/mol. The molecule has 4 aromatic rings. The molecule has 1 N–H and O–H groups in total. The lowest BCUT2D eigenvalue weighted by Gasteiger charge is -2.22. The van der Waals surface area contributed by atoms with Crippen molar-refractivity contribution in [1.82, 2.24) is 14.8 Å². The maximum Gasteiger partial charge on any atom is 0.359 e. The van der Waals surface area contributed by atoms with Crippen molar-refractivity contribution >= 4 is 34.2 Å². The molecule has 0 fully saturated rings. The molecule has 9 heteroatoms. The average molecular weight is 523 g/mol. The number of ether oxygens (including phenoxy) is 1. The standard InChI is InChI=1S/C28H31ClN4O4/c1-14-11-18(16(3)30-21-9-10-22(29)31-23(21)27(35)37-28(5,6)7)26-19(12-14)24(34)15(2)25(36-26)20-13-33(8)32-17(20)4/h9-13,16,30H,1-8H3/t16-/m1/s1. The lowest BCUT2D eigenvalue weighted by molar-refractivity contribution is 0.00640. The third kappa shape index (κ3) is 5.39. The van der Waals surface area contributed by atoms with Crippen molar-refractivity contribution in [2.45, 2.75) is 60.1 Å². The van der Waals surface area contributed by atoms with E-state index >= 15 is 0 Å². The van der Waals surface area contributed by atoms with Gasteiger partial charge < -0.3 is 14.5 Å². The number of rotatable bonds is 5. The van der Waals surface area contributed by atoms with Crippen LogP contribution >= 0.6 is 11.6 Å². The number of fused-ring (bicyclic) bond motifs is 1. The molecule has 4 rings (SSSR count). The first kappa shape index (κ1) is 26.4. The third-order valence-corrected chi connectivity index (χ3v) is 6.15. The summed E-state index contributed by atoms with van der Waals surface area (Å²) in [6.45, 7) is 12.9. The van der Waals surface area contributed by atoms with Crippen LogP contribution in [0.2, 0.25) is 5.15 Å². The second kappa shape index (κ2) is 9.67. The summed E-state index contributed by atoms with van der Waals surface area (Å²) in [7, 11) is 1.83. The minimum atomic E-state index is -0.696. The highest BCUT2D eigenvalue weighted by atomic mass is 35.5. The zero-order chi connectivity index (χ0) is 27.2. The molecule has 0 saturated heterocycles. The van der Waals surface area contributed by atoms with Crippen molar-refractivity contribution in [1.29, 1.82) is 0 Å². The summed E-state index contributed by atoms with van der Waals surface area (Å²) < 4.78 is 13.7. The van der Waals surface area contributed by atoms with E-state index in [0.29, 0.717) is 28.0 Å². The molecule has 37 heavy (non-hydrogen) atoms. The topological polar surface area (TPSA) is 99.2 Å². The van der Waals surface area contributed by atoms with Crippen molar-refractivity contribution < 1.29 is 13.9 Å². The van der Waals surface area contributed by atoms with Gasteiger partial charge in [-0.25, -0.2) is 9.78 Å². The second-order valence-corrected chi connectivity index (χ2v) is 10.7. The number of carbonyl (C=O) groups is 1. The minimum Gasteiger partial charge on any atom is -0.455 e. The first-order chi connectivity index (χ1) is 17.2. The fraction of sp³-hybridized carbons (Fsp3) is 0.357. The molecule has 0 radical (unpaired) electrons. The van der Waals surface area contributed by atoms with Crippen LogP contribution in [0.25, 0.3) is 22.3 Å². The van der Waals surface area contributed by atoms with Gasteiger partial charge in [-0.15, -0.1) is 0 Å². The number of carbonyl (C=O) groups excluding carboxylic acids is 1. The molecule has 0 saturated carbocycles. The number of aryl methyl sites for hydroxylation is 3. The Morgan fingerprint density at radius 3 is 2.51 bits per heavy atom. The summed E-state index contributed by atoms with van der Waals surface area (Å²) in [6.07, 6.45) is 1.84. The maximum atomic E-state index is 13.4. The molecule has 0 unspecified atom stereocenters. The first-order valence-corrected chi connectivity index (χ1v) is 12.4. The molecule has 0 aliphatic heterocycles. The third-order valence-electron chi connectivity index (χ3n) is 5.94. The Hall–Kier alpha value is -3.65. The largest absolute Gasteiger partial charge is 0.455 e. The number of esters is 1. The van der Waals surface area contributed by atoms with Gasteiger partial charge in [0.25, 0.3) is 0 Å². The van der Waals surface area contributed by atoms with E-state index in [0.717, 1.165) is 22.4 Å². The SMILES string of the molecule is Cc1cc([C@@H](C)Nc2ccc(Cl)nc2C(=O)OC(C)(C)C)c2oc(-c3cn(C)nc3C)c(C)c(=O)c2c1. The monoisotopic (exact) mass is 522 g/mol. The summed E-state index contributed by atoms with van der Waals surface area (Å²) in [6, 6.07) is 6.73. The molecule has 0 aliphatic rings. The van der Waals surface area contributed by atoms with Gasteiger partial charge in [0.1, 0.15) is 22.1 Å². The van der Waals surface area contributed by atoms with Crippen LogP contribution in [-0.4, -0.2) is 26.3 Å². The molecule has 0 amide bonds. The van der Waals surface area contributed by atoms with E-state index < -0.39 is 11.6 Å². The van der Waals surface area contributed by atoms with Gasteiger partial charge in [0.15, 0.2) is 11.1 Å². The molecule has 3 aromatic heterocycles. The lowest BCUT2D eigenvalue weighted by Crippen LogP contribution is -2.25. The smallest absolute Gasteiger partial charge is 0.359 e. The molecule has 0 aliphatic carbocycles. The lowest BCUT2D eigenvalue weighted by atomic mass is 9.99. The van der Waals surface area contributed by atoms with E-state index in [2.05, 4.69) is 15.4 Å². The number of halogens is 1. The number of benzene rings is 1. The first-order valence-electron chi connectivity index (χ1n) is 12.0. The van der Waals surface area contributed by atoms with Crippen LogP contribution in [-0.2, 0) is 11.8 Å². The van der Waals surface area contributed by atoms with Crippen molar-refractivity contribution in [2.75, 3.05) is 5.32 Å². The number of hydrogen-bond acceptors (Lipinski definition) is 7. The van der Waals surface area contributed by atoms with Gasteiger partial charge in [0, 0.05) is 24.4 Å². The zero-order valence-corrected chi connectivity index (χ0v) is 23.1. The highest BCUT2D eigenvalue weighted by Gasteiger charge is 2.25. The van der Waals surface area contributed by atoms with E-state index in [1.54, 1.807) is 44.5 Å². The van der Waals surface area contributed by atoms with E-state index in [1.165, 1.54) is 0 Å². The molecule has 0 spiro atoms. The van der Waals surface area contributed by atoms with Gasteiger partial charge in [0.2, 0.25) is 0 Å². The van der Waals surface area contributed by atoms with Crippen LogP contribution < -0.4 is 10.7 Å². The van der Waals surface area contributed by atoms with Crippen molar-refractivity contribution in [3.63, 3.8) is 0 Å². The minimum absolute atomic E-state index is 0.0789. The van der Waals surface area contributed by atoms with Crippen LogP contribution in [0.3, 0.4) is 0 Å². The highest BCUT2D eigenvalue weighted by molar-refractivity contribution is 6.29. The molecule has 1 atom stereocenters. The average Bonchev–Trinajstić information content (AvgIpc) is 3.13. The fourth-order valence-corrected chi connectivity index (χ4v) is 4.46. The van der Waals surface area contributed by atoms with E-state index in [-0.39, 0.29) is 22.3 Å². The van der Waals surface area contributed by atoms with Crippen LogP contribution in [0.15, 0.2) is 39.7 Å². The Bertz CT molecular complexity index is 1580. The number of hydrogen-bond donors (Lipinski definition) is 1. The molecule has 3 heterocycles. The van der Waals surface area contributed by atoms with Gasteiger partial charge in [0.05, 0.1) is 28.4 Å². The van der Waals surface area contributed by atoms with E-state index in [4.69, 9.17) is 20.8 Å². The number of pyridine rings is 1. The molecule has 194 valence electrons. The van der Waals surface area contributed by atoms with Crippen molar-refractivity contribution in [2.24, 2.45) is 7.05 Å². The molecular formula is C28H31ClN4O4. The van der Waals surface area contributed by atoms with Crippen LogP contribution in [0.4, 0.5) is 5.69 Å². The summed E-state index contributed by atoms with van der Waals surface area (Å²) in [4.78, 5) is 30.6. The molecule has 1 aromatic carbocycles. The van der Waals surface area contributed by atoms with Crippen LogP contribution in [0.1, 0.15) is 66.6 Å². The Morgan fingerprint density at radius 2 is 1.89 bits per heavy atom. The predicted molar refractivity (Wildman–Crippen MR) is 145 cm³/mol. The number of anilines is 1. The summed E-state index contributed by atoms with van der Waals surface area (Å²) in [5.74, 6) is -0.0988. The predicted octanol–water partition coefficient (Wildman–Crippen LogP) is 6.30. The summed E-state index contributed by atoms with van der Waals surface area (Å²) >= 11 is 6.10. The summed E-state index contributed by atoms with van der Waals surface area (Å²) in [5.41, 5.74) is 3.94. The van der Waals surface area contributed by atoms with Gasteiger partial charge in [-0.3, -0.25) is 9.48 Å². The molecule has 8 nitrogen and oxygen atoms in total. The van der Waals surface area contributed by atoms with E-state index in [9.17, 15) is 9.59 Å². The van der Waals surface area contributed by atoms with Gasteiger partial charge >= 0.3 is 5.97 Å². The van der Waals surface area contributed by atoms with Gasteiger partial charge in [-0.2, -0.15) is 5.10 Å².